The van der Waals surface area contributed by atoms with Crippen molar-refractivity contribution in [2.75, 3.05) is 12.3 Å². The van der Waals surface area contributed by atoms with E-state index in [0.29, 0.717) is 30.2 Å². The van der Waals surface area contributed by atoms with Crippen molar-refractivity contribution in [3.8, 4) is 0 Å². The summed E-state index contributed by atoms with van der Waals surface area (Å²) in [6.45, 7) is 1.02. The van der Waals surface area contributed by atoms with Crippen LogP contribution in [0.3, 0.4) is 0 Å². The number of hydrogen-bond acceptors (Lipinski definition) is 4. The van der Waals surface area contributed by atoms with Gasteiger partial charge in [0, 0.05) is 17.6 Å². The van der Waals surface area contributed by atoms with Crippen molar-refractivity contribution in [3.63, 3.8) is 0 Å². The van der Waals surface area contributed by atoms with Gasteiger partial charge in [0.15, 0.2) is 5.13 Å². The number of rotatable bonds is 5. The third-order valence-electron chi connectivity index (χ3n) is 2.76. The van der Waals surface area contributed by atoms with E-state index in [0.717, 1.165) is 10.9 Å². The first-order valence-electron chi connectivity index (χ1n) is 6.03. The van der Waals surface area contributed by atoms with Gasteiger partial charge in [0.05, 0.1) is 5.56 Å². The molecular weight excluding hydrogens is 323 g/mol. The van der Waals surface area contributed by atoms with Crippen LogP contribution in [0.25, 0.3) is 0 Å². The quantitative estimate of drug-likeness (QED) is 0.821. The van der Waals surface area contributed by atoms with Crippen LogP contribution in [0.5, 0.6) is 0 Å². The summed E-state index contributed by atoms with van der Waals surface area (Å²) in [5.41, 5.74) is 5.23. The predicted molar refractivity (Wildman–Crippen MR) is 80.6 cm³/mol. The topological polar surface area (TPSA) is 50.9 Å². The monoisotopic (exact) mass is 337 g/mol. The number of nitrogens with two attached hydrogens (primary N) is 1. The fraction of sp³-hybridized carbons (Fsp3) is 0.308. The summed E-state index contributed by atoms with van der Waals surface area (Å²) in [4.78, 5) is 4.87. The zero-order valence-electron chi connectivity index (χ0n) is 11.0. The van der Waals surface area contributed by atoms with Crippen LogP contribution in [0.4, 0.5) is 18.3 Å². The third kappa shape index (κ3) is 5.18. The summed E-state index contributed by atoms with van der Waals surface area (Å²) < 4.78 is 38.4. The second kappa shape index (κ2) is 7.63. The molecule has 8 heteroatoms. The van der Waals surface area contributed by atoms with Gasteiger partial charge in [0.25, 0.3) is 0 Å². The van der Waals surface area contributed by atoms with Crippen LogP contribution in [0, 0.1) is 0 Å². The van der Waals surface area contributed by atoms with Gasteiger partial charge in [-0.15, -0.1) is 23.7 Å². The van der Waals surface area contributed by atoms with E-state index >= 15 is 0 Å². The van der Waals surface area contributed by atoms with E-state index in [-0.39, 0.29) is 12.4 Å². The van der Waals surface area contributed by atoms with Gasteiger partial charge in [-0.1, -0.05) is 18.2 Å². The summed E-state index contributed by atoms with van der Waals surface area (Å²) in [6.07, 6.45) is -2.32. The minimum absolute atomic E-state index is 0. The maximum atomic E-state index is 12.8. The van der Waals surface area contributed by atoms with E-state index in [9.17, 15) is 13.2 Å². The number of alkyl halides is 3. The number of anilines is 1. The Morgan fingerprint density at radius 1 is 1.24 bits per heavy atom. The fourth-order valence-corrected chi connectivity index (χ4v) is 2.51. The van der Waals surface area contributed by atoms with E-state index in [1.54, 1.807) is 12.3 Å². The molecule has 0 aliphatic heterocycles. The first-order chi connectivity index (χ1) is 9.47. The van der Waals surface area contributed by atoms with Gasteiger partial charge in [-0.05, 0) is 24.6 Å². The molecule has 0 unspecified atom stereocenters. The molecule has 0 atom stereocenters. The number of nitrogens with one attached hydrogen (secondary N) is 1. The van der Waals surface area contributed by atoms with Crippen LogP contribution in [-0.2, 0) is 19.1 Å². The van der Waals surface area contributed by atoms with Gasteiger partial charge in [-0.2, -0.15) is 13.2 Å². The van der Waals surface area contributed by atoms with Crippen LogP contribution in [0.1, 0.15) is 16.0 Å². The molecule has 3 nitrogen and oxygen atoms in total. The number of halogens is 4. The van der Waals surface area contributed by atoms with Gasteiger partial charge in [0.2, 0.25) is 0 Å². The molecule has 116 valence electrons. The molecule has 0 spiro atoms. The Hall–Kier alpha value is -1.31. The first kappa shape index (κ1) is 17.7. The Morgan fingerprint density at radius 3 is 2.57 bits per heavy atom. The maximum absolute atomic E-state index is 12.8. The van der Waals surface area contributed by atoms with Crippen molar-refractivity contribution >= 4 is 28.9 Å². The highest BCUT2D eigenvalue weighted by molar-refractivity contribution is 7.15. The summed E-state index contributed by atoms with van der Waals surface area (Å²) in [7, 11) is 0. The number of nitrogens with zero attached hydrogens (tertiary/aromatic N) is 1. The minimum atomic E-state index is -4.30. The molecule has 3 N–H and O–H groups in total. The predicted octanol–water partition coefficient (Wildman–Crippen LogP) is 3.50. The average molecular weight is 338 g/mol. The zero-order chi connectivity index (χ0) is 14.6. The van der Waals surface area contributed by atoms with Crippen LogP contribution in [0.2, 0.25) is 0 Å². The molecule has 2 rings (SSSR count). The molecule has 0 bridgehead atoms. The van der Waals surface area contributed by atoms with Gasteiger partial charge in [0.1, 0.15) is 0 Å². The molecule has 0 aliphatic carbocycles. The summed E-state index contributed by atoms with van der Waals surface area (Å²) >= 11 is 1.37. The van der Waals surface area contributed by atoms with Crippen molar-refractivity contribution in [1.29, 1.82) is 0 Å². The largest absolute Gasteiger partial charge is 0.416 e. The second-order valence-corrected chi connectivity index (χ2v) is 5.39. The molecule has 0 fully saturated rings. The lowest BCUT2D eigenvalue weighted by Gasteiger charge is -2.12. The highest BCUT2D eigenvalue weighted by Gasteiger charge is 2.32. The molecule has 21 heavy (non-hydrogen) atoms. The van der Waals surface area contributed by atoms with E-state index in [4.69, 9.17) is 5.73 Å². The molecule has 0 aliphatic rings. The molecular formula is C13H15ClF3N3S. The lowest BCUT2D eigenvalue weighted by molar-refractivity contribution is -0.138. The Morgan fingerprint density at radius 2 is 1.95 bits per heavy atom. The molecule has 0 amide bonds. The lowest BCUT2D eigenvalue weighted by Crippen LogP contribution is -2.18. The maximum Gasteiger partial charge on any atom is 0.416 e. The van der Waals surface area contributed by atoms with Gasteiger partial charge >= 0.3 is 6.18 Å². The second-order valence-electron chi connectivity index (χ2n) is 4.25. The van der Waals surface area contributed by atoms with E-state index in [1.165, 1.54) is 23.5 Å². The standard InChI is InChI=1S/C13H14F3N3S.ClH/c14-13(15,16)11-4-2-1-3-9(11)5-6-18-7-10-8-19-12(17)20-10;/h1-4,8,18H,5-7H2,(H2,17,19);1H. The molecule has 1 aromatic heterocycles. The summed E-state index contributed by atoms with van der Waals surface area (Å²) in [5, 5.41) is 3.58. The highest BCUT2D eigenvalue weighted by atomic mass is 35.5. The van der Waals surface area contributed by atoms with Crippen molar-refractivity contribution in [1.82, 2.24) is 10.3 Å². The van der Waals surface area contributed by atoms with Gasteiger partial charge in [-0.25, -0.2) is 4.98 Å². The van der Waals surface area contributed by atoms with Gasteiger partial charge < -0.3 is 11.1 Å². The molecule has 2 aromatic rings. The average Bonchev–Trinajstić information content (AvgIpc) is 2.80. The Kier molecular flexibility index (Phi) is 6.44. The van der Waals surface area contributed by atoms with Crippen LogP contribution < -0.4 is 11.1 Å². The van der Waals surface area contributed by atoms with Crippen LogP contribution in [-0.4, -0.2) is 11.5 Å². The lowest BCUT2D eigenvalue weighted by atomic mass is 10.0. The smallest absolute Gasteiger partial charge is 0.375 e. The number of thiazole rings is 1. The number of benzene rings is 1. The molecule has 1 heterocycles. The molecule has 0 saturated carbocycles. The summed E-state index contributed by atoms with van der Waals surface area (Å²) in [5.74, 6) is 0. The number of aromatic nitrogens is 1. The number of hydrogen-bond donors (Lipinski definition) is 2. The Labute approximate surface area is 130 Å². The molecule has 1 aromatic carbocycles. The highest BCUT2D eigenvalue weighted by Crippen LogP contribution is 2.31. The van der Waals surface area contributed by atoms with Crippen molar-refractivity contribution in [2.45, 2.75) is 19.1 Å². The van der Waals surface area contributed by atoms with Crippen LogP contribution in [0.15, 0.2) is 30.5 Å². The molecule has 0 radical (unpaired) electrons. The Balaban J connectivity index is 0.00000220. The first-order valence-corrected chi connectivity index (χ1v) is 6.84. The zero-order valence-corrected chi connectivity index (χ0v) is 12.6. The summed E-state index contributed by atoms with van der Waals surface area (Å²) in [6, 6.07) is 5.64. The Bertz CT molecular complexity index is 572. The SMILES string of the molecule is Cl.Nc1ncc(CNCCc2ccccc2C(F)(F)F)s1. The third-order valence-corrected chi connectivity index (χ3v) is 3.59. The van der Waals surface area contributed by atoms with E-state index in [2.05, 4.69) is 10.3 Å². The fourth-order valence-electron chi connectivity index (χ4n) is 1.85. The van der Waals surface area contributed by atoms with Gasteiger partial charge in [-0.3, -0.25) is 0 Å². The van der Waals surface area contributed by atoms with E-state index < -0.39 is 11.7 Å². The van der Waals surface area contributed by atoms with E-state index in [1.807, 2.05) is 0 Å². The molecule has 0 saturated heterocycles. The van der Waals surface area contributed by atoms with Crippen molar-refractivity contribution < 1.29 is 13.2 Å². The minimum Gasteiger partial charge on any atom is -0.375 e. The normalized spacial score (nSPS) is 11.2. The van der Waals surface area contributed by atoms with Crippen molar-refractivity contribution in [2.24, 2.45) is 0 Å². The number of nitrogen functional groups attached to an aromatic ring is 1. The van der Waals surface area contributed by atoms with Crippen molar-refractivity contribution in [3.05, 3.63) is 46.5 Å². The van der Waals surface area contributed by atoms with Crippen LogP contribution >= 0.6 is 23.7 Å².